The number of carbonyl (C=O) groups excluding carboxylic acids is 1. The van der Waals surface area contributed by atoms with Crippen LogP contribution in [0.3, 0.4) is 0 Å². The van der Waals surface area contributed by atoms with Gasteiger partial charge in [0.15, 0.2) is 9.84 Å². The van der Waals surface area contributed by atoms with E-state index < -0.39 is 9.84 Å². The van der Waals surface area contributed by atoms with Crippen molar-refractivity contribution in [2.75, 3.05) is 25.2 Å². The van der Waals surface area contributed by atoms with Gasteiger partial charge in [-0.15, -0.1) is 11.3 Å². The fourth-order valence-electron chi connectivity index (χ4n) is 3.47. The average molecular weight is 420 g/mol. The van der Waals surface area contributed by atoms with E-state index in [2.05, 4.69) is 27.0 Å². The van der Waals surface area contributed by atoms with Crippen LogP contribution >= 0.6 is 11.3 Å². The fourth-order valence-corrected chi connectivity index (χ4v) is 5.97. The van der Waals surface area contributed by atoms with E-state index >= 15 is 0 Å². The van der Waals surface area contributed by atoms with Crippen LogP contribution in [-0.2, 0) is 21.1 Å². The Hall–Kier alpha value is -2.23. The quantitative estimate of drug-likeness (QED) is 0.662. The molecule has 1 aromatic carbocycles. The highest BCUT2D eigenvalue weighted by molar-refractivity contribution is 7.91. The summed E-state index contributed by atoms with van der Waals surface area (Å²) in [4.78, 5) is 17.0. The molecule has 2 aromatic heterocycles. The Labute approximate surface area is 167 Å². The van der Waals surface area contributed by atoms with Crippen molar-refractivity contribution in [3.05, 3.63) is 41.4 Å². The van der Waals surface area contributed by atoms with Crippen LogP contribution < -0.4 is 5.32 Å². The van der Waals surface area contributed by atoms with Gasteiger partial charge in [0.2, 0.25) is 0 Å². The van der Waals surface area contributed by atoms with Crippen LogP contribution in [-0.4, -0.2) is 55.1 Å². The second-order valence-corrected chi connectivity index (χ2v) is 9.93. The Morgan fingerprint density at radius 2 is 2.21 bits per heavy atom. The van der Waals surface area contributed by atoms with Gasteiger partial charge >= 0.3 is 0 Å². The molecule has 1 atom stereocenters. The number of sulfone groups is 1. The van der Waals surface area contributed by atoms with Crippen molar-refractivity contribution < 1.29 is 17.9 Å². The molecule has 0 aliphatic carbocycles. The molecule has 1 aliphatic rings. The molecule has 1 unspecified atom stereocenters. The Kier molecular flexibility index (Phi) is 5.22. The number of nitrogens with zero attached hydrogens (tertiary/aromatic N) is 2. The smallest absolute Gasteiger partial charge is 0.271 e. The van der Waals surface area contributed by atoms with E-state index in [1.807, 2.05) is 18.2 Å². The first-order chi connectivity index (χ1) is 13.5. The lowest BCUT2D eigenvalue weighted by Gasteiger charge is -2.09. The summed E-state index contributed by atoms with van der Waals surface area (Å²) in [5.74, 6) is -0.204. The van der Waals surface area contributed by atoms with Gasteiger partial charge < -0.3 is 14.6 Å². The average Bonchev–Trinajstić information content (AvgIpc) is 3.36. The van der Waals surface area contributed by atoms with Gasteiger partial charge in [-0.2, -0.15) is 0 Å². The maximum absolute atomic E-state index is 12.5. The number of hydrogen-bond donors (Lipinski definition) is 1. The predicted octanol–water partition coefficient (Wildman–Crippen LogP) is 2.33. The SMILES string of the molecule is COCCn1c(-c2nc(C(=O)NC3CCS(=O)(=O)C3)cs2)cc2ccccc21. The van der Waals surface area contributed by atoms with Crippen LogP contribution in [0.25, 0.3) is 21.6 Å². The number of ether oxygens (including phenoxy) is 1. The highest BCUT2D eigenvalue weighted by Crippen LogP contribution is 2.30. The molecular formula is C19H21N3O4S2. The Bertz CT molecular complexity index is 1120. The molecule has 9 heteroatoms. The summed E-state index contributed by atoms with van der Waals surface area (Å²) >= 11 is 1.40. The third-order valence-electron chi connectivity index (χ3n) is 4.85. The van der Waals surface area contributed by atoms with Crippen molar-refractivity contribution in [2.45, 2.75) is 19.0 Å². The number of fused-ring (bicyclic) bond motifs is 1. The molecule has 1 fully saturated rings. The molecule has 1 amide bonds. The lowest BCUT2D eigenvalue weighted by molar-refractivity contribution is 0.0937. The molecule has 3 aromatic rings. The number of methoxy groups -OCH3 is 1. The largest absolute Gasteiger partial charge is 0.383 e. The Morgan fingerprint density at radius 3 is 2.96 bits per heavy atom. The maximum Gasteiger partial charge on any atom is 0.271 e. The molecule has 0 radical (unpaired) electrons. The first-order valence-electron chi connectivity index (χ1n) is 9.01. The van der Waals surface area contributed by atoms with Crippen molar-refractivity contribution in [3.63, 3.8) is 0 Å². The number of para-hydroxylation sites is 1. The van der Waals surface area contributed by atoms with Crippen LogP contribution in [0.15, 0.2) is 35.7 Å². The lowest BCUT2D eigenvalue weighted by Crippen LogP contribution is -2.35. The molecule has 3 heterocycles. The van der Waals surface area contributed by atoms with E-state index in [-0.39, 0.29) is 23.5 Å². The van der Waals surface area contributed by atoms with E-state index in [9.17, 15) is 13.2 Å². The molecule has 0 saturated carbocycles. The molecule has 28 heavy (non-hydrogen) atoms. The van der Waals surface area contributed by atoms with E-state index in [1.54, 1.807) is 12.5 Å². The molecular weight excluding hydrogens is 398 g/mol. The maximum atomic E-state index is 12.5. The summed E-state index contributed by atoms with van der Waals surface area (Å²) < 4.78 is 30.5. The number of nitrogens with one attached hydrogen (secondary N) is 1. The van der Waals surface area contributed by atoms with E-state index in [0.29, 0.717) is 25.3 Å². The highest BCUT2D eigenvalue weighted by atomic mass is 32.2. The molecule has 1 aliphatic heterocycles. The normalized spacial score (nSPS) is 18.5. The monoisotopic (exact) mass is 419 g/mol. The number of hydrogen-bond acceptors (Lipinski definition) is 6. The number of aromatic nitrogens is 2. The second kappa shape index (κ2) is 7.65. The van der Waals surface area contributed by atoms with Crippen molar-refractivity contribution >= 4 is 38.0 Å². The fraction of sp³-hybridized carbons (Fsp3) is 0.368. The summed E-state index contributed by atoms with van der Waals surface area (Å²) in [5, 5.41) is 6.35. The molecule has 7 nitrogen and oxygen atoms in total. The zero-order valence-corrected chi connectivity index (χ0v) is 17.1. The predicted molar refractivity (Wildman–Crippen MR) is 109 cm³/mol. The summed E-state index contributed by atoms with van der Waals surface area (Å²) in [7, 11) is -1.37. The Morgan fingerprint density at radius 1 is 1.39 bits per heavy atom. The summed E-state index contributed by atoms with van der Waals surface area (Å²) in [6, 6.07) is 9.81. The minimum atomic E-state index is -3.04. The minimum absolute atomic E-state index is 0.000984. The standard InChI is InChI=1S/C19H21N3O4S2/c1-26-8-7-22-16-5-3-2-4-13(16)10-17(22)19-21-15(11-27-19)18(23)20-14-6-9-28(24,25)12-14/h2-5,10-11,14H,6-9,12H2,1H3,(H,20,23). The highest BCUT2D eigenvalue weighted by Gasteiger charge is 2.29. The number of amides is 1. The van der Waals surface area contributed by atoms with Crippen molar-refractivity contribution in [1.82, 2.24) is 14.9 Å². The second-order valence-electron chi connectivity index (χ2n) is 6.84. The van der Waals surface area contributed by atoms with Crippen LogP contribution in [0.5, 0.6) is 0 Å². The molecule has 0 spiro atoms. The minimum Gasteiger partial charge on any atom is -0.383 e. The molecule has 0 bridgehead atoms. The van der Waals surface area contributed by atoms with Crippen LogP contribution in [0.2, 0.25) is 0 Å². The van der Waals surface area contributed by atoms with Crippen LogP contribution in [0.1, 0.15) is 16.9 Å². The summed E-state index contributed by atoms with van der Waals surface area (Å²) in [6.07, 6.45) is 0.455. The van der Waals surface area contributed by atoms with E-state index in [1.165, 1.54) is 11.3 Å². The van der Waals surface area contributed by atoms with Gasteiger partial charge in [0.1, 0.15) is 10.7 Å². The molecule has 4 rings (SSSR count). The molecule has 1 saturated heterocycles. The van der Waals surface area contributed by atoms with Gasteiger partial charge in [-0.25, -0.2) is 13.4 Å². The topological polar surface area (TPSA) is 90.3 Å². The van der Waals surface area contributed by atoms with Gasteiger partial charge in [0.05, 0.1) is 23.8 Å². The number of carbonyl (C=O) groups is 1. The Balaban J connectivity index is 1.59. The first kappa shape index (κ1) is 19.1. The summed E-state index contributed by atoms with van der Waals surface area (Å²) in [6.45, 7) is 1.25. The zero-order chi connectivity index (χ0) is 19.7. The van der Waals surface area contributed by atoms with E-state index in [4.69, 9.17) is 4.74 Å². The van der Waals surface area contributed by atoms with Crippen molar-refractivity contribution in [1.29, 1.82) is 0 Å². The first-order valence-corrected chi connectivity index (χ1v) is 11.7. The van der Waals surface area contributed by atoms with Crippen molar-refractivity contribution in [3.8, 4) is 10.7 Å². The third-order valence-corrected chi connectivity index (χ3v) is 7.49. The van der Waals surface area contributed by atoms with Gasteiger partial charge in [-0.1, -0.05) is 18.2 Å². The number of benzene rings is 1. The van der Waals surface area contributed by atoms with Crippen LogP contribution in [0.4, 0.5) is 0 Å². The van der Waals surface area contributed by atoms with E-state index in [0.717, 1.165) is 21.6 Å². The molecule has 148 valence electrons. The summed E-state index contributed by atoms with van der Waals surface area (Å²) in [5.41, 5.74) is 2.34. The van der Waals surface area contributed by atoms with Gasteiger partial charge in [0, 0.05) is 36.0 Å². The third kappa shape index (κ3) is 3.82. The van der Waals surface area contributed by atoms with Crippen molar-refractivity contribution in [2.24, 2.45) is 0 Å². The zero-order valence-electron chi connectivity index (χ0n) is 15.4. The lowest BCUT2D eigenvalue weighted by atomic mass is 10.2. The van der Waals surface area contributed by atoms with Gasteiger partial charge in [-0.3, -0.25) is 4.79 Å². The molecule has 1 N–H and O–H groups in total. The van der Waals surface area contributed by atoms with Gasteiger partial charge in [0.25, 0.3) is 5.91 Å². The van der Waals surface area contributed by atoms with Crippen LogP contribution in [0, 0.1) is 0 Å². The number of thiazole rings is 1. The number of rotatable bonds is 6. The van der Waals surface area contributed by atoms with Gasteiger partial charge in [-0.05, 0) is 18.6 Å².